The van der Waals surface area contributed by atoms with Gasteiger partial charge in [0.1, 0.15) is 5.69 Å². The van der Waals surface area contributed by atoms with Crippen LogP contribution < -0.4 is 10.8 Å². The average Bonchev–Trinajstić information content (AvgIpc) is 2.96. The second-order valence-corrected chi connectivity index (χ2v) is 5.92. The van der Waals surface area contributed by atoms with E-state index in [-0.39, 0.29) is 11.7 Å². The Morgan fingerprint density at radius 2 is 2.08 bits per heavy atom. The molecule has 3 N–H and O–H groups in total. The van der Waals surface area contributed by atoms with E-state index in [1.807, 2.05) is 0 Å². The lowest BCUT2D eigenvalue weighted by Crippen LogP contribution is -2.20. The van der Waals surface area contributed by atoms with Crippen molar-refractivity contribution in [3.63, 3.8) is 0 Å². The summed E-state index contributed by atoms with van der Waals surface area (Å²) in [5.74, 6) is -0.616. The molecule has 2 aromatic rings. The van der Waals surface area contributed by atoms with Gasteiger partial charge in [-0.15, -0.1) is 0 Å². The summed E-state index contributed by atoms with van der Waals surface area (Å²) < 4.78 is 0. The molecule has 0 bridgehead atoms. The van der Waals surface area contributed by atoms with Gasteiger partial charge in [0.25, 0.3) is 5.91 Å². The Balaban J connectivity index is 1.65. The highest BCUT2D eigenvalue weighted by molar-refractivity contribution is 5.91. The molecule has 0 radical (unpaired) electrons. The van der Waals surface area contributed by atoms with E-state index < -0.39 is 5.91 Å². The first kappa shape index (κ1) is 14.7. The van der Waals surface area contributed by atoms with Crippen LogP contribution >= 0.6 is 0 Å². The second kappa shape index (κ2) is 5.94. The quantitative estimate of drug-likeness (QED) is 0.598. The molecule has 1 atom stereocenters. The van der Waals surface area contributed by atoms with E-state index in [1.165, 1.54) is 22.3 Å². The van der Waals surface area contributed by atoms with Crippen molar-refractivity contribution < 1.29 is 10.0 Å². The Kier molecular flexibility index (Phi) is 3.63. The van der Waals surface area contributed by atoms with Crippen LogP contribution in [0.4, 0.5) is 5.69 Å². The Morgan fingerprint density at radius 3 is 2.88 bits per heavy atom. The number of amides is 1. The number of carbonyl (C=O) groups excluding carboxylic acids is 1. The summed E-state index contributed by atoms with van der Waals surface area (Å²) in [6.45, 7) is 0. The van der Waals surface area contributed by atoms with Crippen molar-refractivity contribution in [1.82, 2.24) is 10.5 Å². The maximum atomic E-state index is 11.4. The molecule has 1 aromatic carbocycles. The van der Waals surface area contributed by atoms with Gasteiger partial charge in [-0.1, -0.05) is 36.4 Å². The maximum absolute atomic E-state index is 11.4. The molecule has 2 aliphatic rings. The van der Waals surface area contributed by atoms with Gasteiger partial charge in [0, 0.05) is 0 Å². The first-order valence-electron chi connectivity index (χ1n) is 7.94. The number of nitrogens with zero attached hydrogens (tertiary/aromatic N) is 1. The lowest BCUT2D eigenvalue weighted by molar-refractivity contribution is 0.0701. The van der Waals surface area contributed by atoms with Crippen molar-refractivity contribution in [3.8, 4) is 0 Å². The molecule has 0 aliphatic heterocycles. The van der Waals surface area contributed by atoms with Crippen LogP contribution in [0.5, 0.6) is 0 Å². The van der Waals surface area contributed by atoms with E-state index in [2.05, 4.69) is 46.7 Å². The van der Waals surface area contributed by atoms with Crippen LogP contribution in [0.1, 0.15) is 40.5 Å². The zero-order valence-electron chi connectivity index (χ0n) is 13.0. The highest BCUT2D eigenvalue weighted by Gasteiger charge is 2.30. The highest BCUT2D eigenvalue weighted by atomic mass is 16.5. The molecule has 5 nitrogen and oxygen atoms in total. The number of hydroxylamine groups is 1. The minimum absolute atomic E-state index is 0.125. The van der Waals surface area contributed by atoms with Gasteiger partial charge in [-0.05, 0) is 47.2 Å². The van der Waals surface area contributed by atoms with Crippen LogP contribution in [0.3, 0.4) is 0 Å². The van der Waals surface area contributed by atoms with Crippen molar-refractivity contribution in [2.24, 2.45) is 0 Å². The third-order valence-electron chi connectivity index (χ3n) is 4.53. The summed E-state index contributed by atoms with van der Waals surface area (Å²) in [5, 5.41) is 12.2. The third kappa shape index (κ3) is 2.39. The van der Waals surface area contributed by atoms with Gasteiger partial charge in [0.15, 0.2) is 0 Å². The summed E-state index contributed by atoms with van der Waals surface area (Å²) in [7, 11) is 0. The van der Waals surface area contributed by atoms with E-state index in [4.69, 9.17) is 5.21 Å². The first-order valence-corrected chi connectivity index (χ1v) is 7.94. The van der Waals surface area contributed by atoms with Crippen LogP contribution in [0.2, 0.25) is 0 Å². The van der Waals surface area contributed by atoms with Gasteiger partial charge in [0.05, 0.1) is 17.9 Å². The normalized spacial score (nSPS) is 18.1. The second-order valence-electron chi connectivity index (χ2n) is 5.92. The monoisotopic (exact) mass is 319 g/mol. The van der Waals surface area contributed by atoms with Crippen molar-refractivity contribution in [2.75, 3.05) is 5.32 Å². The summed E-state index contributed by atoms with van der Waals surface area (Å²) in [6, 6.07) is 12.0. The number of rotatable bonds is 3. The van der Waals surface area contributed by atoms with E-state index in [9.17, 15) is 4.79 Å². The average molecular weight is 319 g/mol. The van der Waals surface area contributed by atoms with Gasteiger partial charge in [0.2, 0.25) is 0 Å². The predicted octanol–water partition coefficient (Wildman–Crippen LogP) is 3.47. The summed E-state index contributed by atoms with van der Waals surface area (Å²) >= 11 is 0. The fraction of sp³-hybridized carbons (Fsp3) is 0.158. The maximum Gasteiger partial charge on any atom is 0.293 e. The molecule has 0 saturated carbocycles. The Bertz CT molecular complexity index is 853. The van der Waals surface area contributed by atoms with Crippen molar-refractivity contribution in [2.45, 2.75) is 18.9 Å². The Morgan fingerprint density at radius 1 is 1.21 bits per heavy atom. The fourth-order valence-electron chi connectivity index (χ4n) is 3.43. The highest BCUT2D eigenvalue weighted by Crippen LogP contribution is 2.46. The smallest absolute Gasteiger partial charge is 0.293 e. The van der Waals surface area contributed by atoms with E-state index in [0.29, 0.717) is 0 Å². The molecular weight excluding hydrogens is 302 g/mol. The number of hydrogen-bond acceptors (Lipinski definition) is 4. The molecule has 0 spiro atoms. The van der Waals surface area contributed by atoms with Crippen LogP contribution in [-0.2, 0) is 0 Å². The van der Waals surface area contributed by atoms with Gasteiger partial charge >= 0.3 is 0 Å². The molecule has 1 amide bonds. The van der Waals surface area contributed by atoms with Crippen molar-refractivity contribution >= 4 is 17.2 Å². The zero-order chi connectivity index (χ0) is 16.5. The number of nitrogens with one attached hydrogen (secondary N) is 2. The third-order valence-corrected chi connectivity index (χ3v) is 4.53. The number of aromatic nitrogens is 1. The van der Waals surface area contributed by atoms with Gasteiger partial charge < -0.3 is 5.32 Å². The Labute approximate surface area is 139 Å². The van der Waals surface area contributed by atoms with Crippen LogP contribution in [-0.4, -0.2) is 16.1 Å². The number of benzene rings is 1. The largest absolute Gasteiger partial charge is 0.373 e. The molecule has 120 valence electrons. The van der Waals surface area contributed by atoms with Gasteiger partial charge in [-0.2, -0.15) is 0 Å². The number of anilines is 1. The molecule has 5 heteroatoms. The predicted molar refractivity (Wildman–Crippen MR) is 91.6 cm³/mol. The summed E-state index contributed by atoms with van der Waals surface area (Å²) in [6.07, 6.45) is 8.15. The minimum Gasteiger partial charge on any atom is -0.373 e. The van der Waals surface area contributed by atoms with Crippen LogP contribution in [0.15, 0.2) is 60.3 Å². The summed E-state index contributed by atoms with van der Waals surface area (Å²) in [4.78, 5) is 15.4. The summed E-state index contributed by atoms with van der Waals surface area (Å²) in [5.41, 5.74) is 7.87. The van der Waals surface area contributed by atoms with Crippen LogP contribution in [0, 0.1) is 0 Å². The number of carbonyl (C=O) groups is 1. The SMILES string of the molecule is O=C(NO)c1ccc(NC2C3=C(C=CCC3)c3ccccc32)cn1. The number of fused-ring (bicyclic) bond motifs is 2. The van der Waals surface area contributed by atoms with Crippen molar-refractivity contribution in [1.29, 1.82) is 0 Å². The molecule has 24 heavy (non-hydrogen) atoms. The number of allylic oxidation sites excluding steroid dienone is 3. The minimum atomic E-state index is -0.616. The lowest BCUT2D eigenvalue weighted by atomic mass is 9.96. The fourth-order valence-corrected chi connectivity index (χ4v) is 3.43. The molecule has 1 aromatic heterocycles. The number of hydrogen-bond donors (Lipinski definition) is 3. The van der Waals surface area contributed by atoms with E-state index in [1.54, 1.807) is 23.8 Å². The molecule has 1 heterocycles. The van der Waals surface area contributed by atoms with E-state index in [0.717, 1.165) is 18.5 Å². The van der Waals surface area contributed by atoms with Crippen LogP contribution in [0.25, 0.3) is 5.57 Å². The molecule has 2 aliphatic carbocycles. The number of pyridine rings is 1. The molecule has 4 rings (SSSR count). The first-order chi connectivity index (χ1) is 11.8. The topological polar surface area (TPSA) is 74.2 Å². The standard InChI is InChI=1S/C19H17N3O2/c23-19(22-24)17-10-9-12(11-20-17)21-18-15-7-3-1-5-13(15)14-6-2-4-8-16(14)18/h1-3,5-7,9-11,18,21,24H,4,8H2,(H,22,23). The zero-order valence-corrected chi connectivity index (χ0v) is 13.0. The Hall–Kier alpha value is -2.92. The molecule has 0 fully saturated rings. The van der Waals surface area contributed by atoms with Gasteiger partial charge in [-0.25, -0.2) is 10.5 Å². The van der Waals surface area contributed by atoms with Crippen molar-refractivity contribution in [3.05, 3.63) is 77.1 Å². The van der Waals surface area contributed by atoms with E-state index >= 15 is 0 Å². The molecule has 1 unspecified atom stereocenters. The van der Waals surface area contributed by atoms with Gasteiger partial charge in [-0.3, -0.25) is 10.0 Å². The molecule has 0 saturated heterocycles. The lowest BCUT2D eigenvalue weighted by Gasteiger charge is -2.20. The molecular formula is C19H17N3O2.